The molecular formula is C21H21NO. The smallest absolute Gasteiger partial charge is 0.0681 e. The molecule has 2 nitrogen and oxygen atoms in total. The van der Waals surface area contributed by atoms with Crippen LogP contribution in [0.5, 0.6) is 0 Å². The van der Waals surface area contributed by atoms with Crippen LogP contribution in [0.3, 0.4) is 0 Å². The van der Waals surface area contributed by atoms with E-state index >= 15 is 0 Å². The first-order chi connectivity index (χ1) is 11.4. The van der Waals surface area contributed by atoms with Gasteiger partial charge in [0.05, 0.1) is 12.6 Å². The molecule has 3 aromatic rings. The van der Waals surface area contributed by atoms with Crippen LogP contribution >= 0.6 is 0 Å². The standard InChI is InChI=1S/C21H21NO/c23-16-18-13-11-17(12-14-18)15-22-21(19-7-3-1-4-8-19)20-9-5-2-6-10-20/h1-14,21-23H,15-16H2. The molecule has 0 aliphatic heterocycles. The molecule has 0 spiro atoms. The second-order valence-electron chi connectivity index (χ2n) is 5.61. The fourth-order valence-electron chi connectivity index (χ4n) is 2.70. The summed E-state index contributed by atoms with van der Waals surface area (Å²) in [6, 6.07) is 29.2. The van der Waals surface area contributed by atoms with Crippen LogP contribution in [0.2, 0.25) is 0 Å². The van der Waals surface area contributed by atoms with Gasteiger partial charge in [0.15, 0.2) is 0 Å². The Morgan fingerprint density at radius 1 is 0.652 bits per heavy atom. The van der Waals surface area contributed by atoms with Crippen molar-refractivity contribution in [3.63, 3.8) is 0 Å². The van der Waals surface area contributed by atoms with Crippen molar-refractivity contribution in [2.45, 2.75) is 19.2 Å². The summed E-state index contributed by atoms with van der Waals surface area (Å²) in [4.78, 5) is 0. The molecule has 0 heterocycles. The molecule has 0 aromatic heterocycles. The Bertz CT molecular complexity index is 668. The van der Waals surface area contributed by atoms with Crippen LogP contribution in [-0.2, 0) is 13.2 Å². The summed E-state index contributed by atoms with van der Waals surface area (Å²) in [7, 11) is 0. The number of aliphatic hydroxyl groups excluding tert-OH is 1. The van der Waals surface area contributed by atoms with Crippen molar-refractivity contribution in [1.82, 2.24) is 5.32 Å². The Morgan fingerprint density at radius 3 is 1.61 bits per heavy atom. The zero-order valence-corrected chi connectivity index (χ0v) is 13.0. The highest BCUT2D eigenvalue weighted by molar-refractivity contribution is 5.32. The molecular weight excluding hydrogens is 282 g/mol. The molecule has 3 rings (SSSR count). The zero-order valence-electron chi connectivity index (χ0n) is 13.0. The largest absolute Gasteiger partial charge is 0.392 e. The molecule has 0 aliphatic carbocycles. The van der Waals surface area contributed by atoms with Crippen LogP contribution in [0, 0.1) is 0 Å². The first-order valence-corrected chi connectivity index (χ1v) is 7.89. The molecule has 0 amide bonds. The van der Waals surface area contributed by atoms with Gasteiger partial charge in [0.25, 0.3) is 0 Å². The lowest BCUT2D eigenvalue weighted by Crippen LogP contribution is -2.22. The van der Waals surface area contributed by atoms with Crippen molar-refractivity contribution < 1.29 is 5.11 Å². The molecule has 0 bridgehead atoms. The average molecular weight is 303 g/mol. The van der Waals surface area contributed by atoms with Gasteiger partial charge < -0.3 is 10.4 Å². The Kier molecular flexibility index (Phi) is 5.20. The first kappa shape index (κ1) is 15.5. The van der Waals surface area contributed by atoms with E-state index in [9.17, 15) is 0 Å². The van der Waals surface area contributed by atoms with Gasteiger partial charge in [-0.3, -0.25) is 0 Å². The van der Waals surface area contributed by atoms with E-state index in [0.29, 0.717) is 0 Å². The number of benzene rings is 3. The second kappa shape index (κ2) is 7.73. The predicted molar refractivity (Wildman–Crippen MR) is 93.9 cm³/mol. The fourth-order valence-corrected chi connectivity index (χ4v) is 2.70. The summed E-state index contributed by atoms with van der Waals surface area (Å²) in [5.74, 6) is 0. The van der Waals surface area contributed by atoms with E-state index in [2.05, 4.69) is 66.0 Å². The van der Waals surface area contributed by atoms with Crippen molar-refractivity contribution in [1.29, 1.82) is 0 Å². The number of rotatable bonds is 6. The van der Waals surface area contributed by atoms with E-state index in [1.807, 2.05) is 24.3 Å². The first-order valence-electron chi connectivity index (χ1n) is 7.89. The fraction of sp³-hybridized carbons (Fsp3) is 0.143. The molecule has 3 aromatic carbocycles. The van der Waals surface area contributed by atoms with Gasteiger partial charge in [-0.05, 0) is 22.3 Å². The third-order valence-corrected chi connectivity index (χ3v) is 3.98. The summed E-state index contributed by atoms with van der Waals surface area (Å²) in [5, 5.41) is 12.8. The normalized spacial score (nSPS) is 10.9. The van der Waals surface area contributed by atoms with Gasteiger partial charge >= 0.3 is 0 Å². The van der Waals surface area contributed by atoms with Gasteiger partial charge in [-0.15, -0.1) is 0 Å². The molecule has 0 radical (unpaired) electrons. The lowest BCUT2D eigenvalue weighted by Gasteiger charge is -2.20. The Hall–Kier alpha value is -2.42. The number of hydrogen-bond donors (Lipinski definition) is 2. The molecule has 2 heteroatoms. The minimum absolute atomic E-state index is 0.0877. The van der Waals surface area contributed by atoms with E-state index in [-0.39, 0.29) is 12.6 Å². The zero-order chi connectivity index (χ0) is 15.9. The van der Waals surface area contributed by atoms with E-state index in [1.165, 1.54) is 16.7 Å². The van der Waals surface area contributed by atoms with Crippen LogP contribution in [-0.4, -0.2) is 5.11 Å². The van der Waals surface area contributed by atoms with E-state index in [0.717, 1.165) is 12.1 Å². The maximum atomic E-state index is 9.13. The van der Waals surface area contributed by atoms with Gasteiger partial charge in [0, 0.05) is 6.54 Å². The van der Waals surface area contributed by atoms with E-state index in [4.69, 9.17) is 5.11 Å². The van der Waals surface area contributed by atoms with Gasteiger partial charge in [-0.25, -0.2) is 0 Å². The molecule has 116 valence electrons. The molecule has 0 fully saturated rings. The van der Waals surface area contributed by atoms with Crippen molar-refractivity contribution in [2.75, 3.05) is 0 Å². The minimum Gasteiger partial charge on any atom is -0.392 e. The van der Waals surface area contributed by atoms with Crippen molar-refractivity contribution in [3.8, 4) is 0 Å². The van der Waals surface area contributed by atoms with Crippen molar-refractivity contribution >= 4 is 0 Å². The Balaban J connectivity index is 1.79. The lowest BCUT2D eigenvalue weighted by atomic mass is 9.98. The van der Waals surface area contributed by atoms with E-state index < -0.39 is 0 Å². The molecule has 0 atom stereocenters. The highest BCUT2D eigenvalue weighted by Gasteiger charge is 2.12. The highest BCUT2D eigenvalue weighted by Crippen LogP contribution is 2.22. The highest BCUT2D eigenvalue weighted by atomic mass is 16.3. The van der Waals surface area contributed by atoms with Crippen molar-refractivity contribution in [2.24, 2.45) is 0 Å². The third-order valence-electron chi connectivity index (χ3n) is 3.98. The quantitative estimate of drug-likeness (QED) is 0.720. The van der Waals surface area contributed by atoms with Gasteiger partial charge in [0.1, 0.15) is 0 Å². The predicted octanol–water partition coefficient (Wildman–Crippen LogP) is 4.06. The van der Waals surface area contributed by atoms with Gasteiger partial charge in [-0.1, -0.05) is 84.9 Å². The summed E-state index contributed by atoms with van der Waals surface area (Å²) in [5.41, 5.74) is 4.66. The molecule has 0 aliphatic rings. The minimum atomic E-state index is 0.0877. The van der Waals surface area contributed by atoms with Crippen LogP contribution in [0.1, 0.15) is 28.3 Å². The monoisotopic (exact) mass is 303 g/mol. The van der Waals surface area contributed by atoms with Gasteiger partial charge in [-0.2, -0.15) is 0 Å². The third kappa shape index (κ3) is 4.07. The average Bonchev–Trinajstić information content (AvgIpc) is 2.64. The van der Waals surface area contributed by atoms with E-state index in [1.54, 1.807) is 0 Å². The summed E-state index contributed by atoms with van der Waals surface area (Å²) < 4.78 is 0. The number of hydrogen-bond acceptors (Lipinski definition) is 2. The molecule has 0 saturated heterocycles. The number of nitrogens with one attached hydrogen (secondary N) is 1. The Morgan fingerprint density at radius 2 is 1.13 bits per heavy atom. The lowest BCUT2D eigenvalue weighted by molar-refractivity contribution is 0.282. The summed E-state index contributed by atoms with van der Waals surface area (Å²) >= 11 is 0. The van der Waals surface area contributed by atoms with Crippen LogP contribution in [0.15, 0.2) is 84.9 Å². The number of aliphatic hydroxyl groups is 1. The molecule has 0 unspecified atom stereocenters. The SMILES string of the molecule is OCc1ccc(CNC(c2ccccc2)c2ccccc2)cc1. The maximum absolute atomic E-state index is 9.13. The topological polar surface area (TPSA) is 32.3 Å². The molecule has 23 heavy (non-hydrogen) atoms. The van der Waals surface area contributed by atoms with Crippen LogP contribution in [0.25, 0.3) is 0 Å². The summed E-state index contributed by atoms with van der Waals surface area (Å²) in [6.07, 6.45) is 0. The molecule has 0 saturated carbocycles. The summed E-state index contributed by atoms with van der Waals surface area (Å²) in [6.45, 7) is 0.866. The maximum Gasteiger partial charge on any atom is 0.0681 e. The second-order valence-corrected chi connectivity index (χ2v) is 5.61. The molecule has 2 N–H and O–H groups in total. The van der Waals surface area contributed by atoms with Crippen LogP contribution < -0.4 is 5.32 Å². The van der Waals surface area contributed by atoms with Crippen molar-refractivity contribution in [3.05, 3.63) is 107 Å². The van der Waals surface area contributed by atoms with Crippen LogP contribution in [0.4, 0.5) is 0 Å². The van der Waals surface area contributed by atoms with Gasteiger partial charge in [0.2, 0.25) is 0 Å². The Labute approximate surface area is 137 Å².